The maximum absolute atomic E-state index is 12.1. The molecule has 0 saturated heterocycles. The van der Waals surface area contributed by atoms with Crippen molar-refractivity contribution >= 4 is 27.5 Å². The van der Waals surface area contributed by atoms with Gasteiger partial charge in [0.1, 0.15) is 24.2 Å². The second-order valence-electron chi connectivity index (χ2n) is 8.78. The normalized spacial score (nSPS) is 15.1. The first kappa shape index (κ1) is 26.7. The minimum atomic E-state index is -3.64. The minimum absolute atomic E-state index is 0.0541. The number of carbonyl (C=O) groups is 1. The summed E-state index contributed by atoms with van der Waals surface area (Å²) in [6.45, 7) is 3.14. The fourth-order valence-electron chi connectivity index (χ4n) is 3.80. The molecule has 1 atom stereocenters. The molecule has 2 aromatic rings. The summed E-state index contributed by atoms with van der Waals surface area (Å²) in [5, 5.41) is 12.9. The highest BCUT2D eigenvalue weighted by Crippen LogP contribution is 2.18. The number of aliphatic carboxylic acids is 1. The van der Waals surface area contributed by atoms with E-state index in [0.29, 0.717) is 24.3 Å². The first-order chi connectivity index (χ1) is 16.8. The average molecular weight is 502 g/mol. The molecule has 0 spiro atoms. The van der Waals surface area contributed by atoms with Gasteiger partial charge in [-0.05, 0) is 61.1 Å². The van der Waals surface area contributed by atoms with Crippen LogP contribution in [0.4, 0.5) is 5.69 Å². The molecule has 8 nitrogen and oxygen atoms in total. The van der Waals surface area contributed by atoms with Gasteiger partial charge < -0.3 is 15.2 Å². The highest BCUT2D eigenvalue weighted by Gasteiger charge is 2.24. The fourth-order valence-corrected chi connectivity index (χ4v) is 5.20. The van der Waals surface area contributed by atoms with Crippen LogP contribution in [0.3, 0.4) is 0 Å². The van der Waals surface area contributed by atoms with Gasteiger partial charge in [-0.1, -0.05) is 44.0 Å². The Bertz CT molecular complexity index is 1100. The third-order valence-corrected chi connectivity index (χ3v) is 7.21. The molecule has 0 aromatic heterocycles. The Kier molecular flexibility index (Phi) is 10.1. The van der Waals surface area contributed by atoms with Crippen molar-refractivity contribution in [2.75, 3.05) is 17.6 Å². The van der Waals surface area contributed by atoms with Crippen molar-refractivity contribution in [1.29, 1.82) is 0 Å². The van der Waals surface area contributed by atoms with E-state index in [1.165, 1.54) is 6.42 Å². The van der Waals surface area contributed by atoms with Crippen LogP contribution >= 0.6 is 0 Å². The summed E-state index contributed by atoms with van der Waals surface area (Å²) in [6.07, 6.45) is 5.74. The number of carboxylic acid groups (broad SMARTS) is 1. The Labute approximate surface area is 207 Å². The van der Waals surface area contributed by atoms with E-state index < -0.39 is 22.0 Å². The number of carboxylic acids is 1. The number of hydrogen-bond donors (Lipinski definition) is 3. The minimum Gasteiger partial charge on any atom is -0.489 e. The van der Waals surface area contributed by atoms with Gasteiger partial charge in [0.05, 0.1) is 5.75 Å². The van der Waals surface area contributed by atoms with Crippen LogP contribution in [0.5, 0.6) is 5.75 Å². The number of unbranched alkanes of at least 4 members (excludes halogenated alkanes) is 1. The molecule has 0 amide bonds. The van der Waals surface area contributed by atoms with E-state index in [0.717, 1.165) is 49.3 Å². The molecule has 3 N–H and O–H groups in total. The number of anilines is 1. The summed E-state index contributed by atoms with van der Waals surface area (Å²) in [6, 6.07) is 13.9. The zero-order chi connectivity index (χ0) is 25.1. The topological polar surface area (TPSA) is 117 Å². The van der Waals surface area contributed by atoms with Crippen LogP contribution in [0, 0.1) is 0 Å². The van der Waals surface area contributed by atoms with Gasteiger partial charge >= 0.3 is 5.97 Å². The quantitative estimate of drug-likeness (QED) is 0.398. The summed E-state index contributed by atoms with van der Waals surface area (Å²) in [7, 11) is -3.64. The second-order valence-corrected chi connectivity index (χ2v) is 10.7. The van der Waals surface area contributed by atoms with Crippen molar-refractivity contribution in [1.82, 2.24) is 4.72 Å². The SMILES string of the molecule is CCCCS(=O)(=O)N[C@@H](Cc1ccc(OCc2cccc(NC3=NCCCCC3)c2)cc1)C(=O)O. The summed E-state index contributed by atoms with van der Waals surface area (Å²) in [4.78, 5) is 16.2. The zero-order valence-corrected chi connectivity index (χ0v) is 21.0. The molecule has 0 fully saturated rings. The molecule has 0 unspecified atom stereocenters. The van der Waals surface area contributed by atoms with Crippen molar-refractivity contribution < 1.29 is 23.1 Å². The van der Waals surface area contributed by atoms with Crippen LogP contribution in [-0.2, 0) is 27.8 Å². The predicted molar refractivity (Wildman–Crippen MR) is 139 cm³/mol. The van der Waals surface area contributed by atoms with E-state index in [1.54, 1.807) is 24.3 Å². The number of nitrogens with zero attached hydrogens (tertiary/aromatic N) is 1. The van der Waals surface area contributed by atoms with Crippen LogP contribution in [0.25, 0.3) is 0 Å². The molecule has 35 heavy (non-hydrogen) atoms. The molecule has 9 heteroatoms. The second kappa shape index (κ2) is 13.3. The maximum Gasteiger partial charge on any atom is 0.322 e. The van der Waals surface area contributed by atoms with E-state index in [1.807, 2.05) is 31.2 Å². The Balaban J connectivity index is 1.54. The van der Waals surface area contributed by atoms with Crippen molar-refractivity contribution in [3.8, 4) is 5.75 Å². The first-order valence-electron chi connectivity index (χ1n) is 12.2. The number of ether oxygens (including phenoxy) is 1. The molecule has 1 aliphatic heterocycles. The van der Waals surface area contributed by atoms with Crippen molar-refractivity contribution in [2.45, 2.75) is 64.5 Å². The Morgan fingerprint density at radius 3 is 2.66 bits per heavy atom. The van der Waals surface area contributed by atoms with Crippen LogP contribution in [0.15, 0.2) is 53.5 Å². The molecule has 0 bridgehead atoms. The van der Waals surface area contributed by atoms with Crippen molar-refractivity contribution in [3.05, 3.63) is 59.7 Å². The summed E-state index contributed by atoms with van der Waals surface area (Å²) in [5.74, 6) is 0.401. The number of rotatable bonds is 12. The van der Waals surface area contributed by atoms with Crippen LogP contribution in [0.1, 0.15) is 56.6 Å². The molecular formula is C26H35N3O5S. The Hall–Kier alpha value is -2.91. The molecule has 0 radical (unpaired) electrons. The van der Waals surface area contributed by atoms with E-state index in [9.17, 15) is 18.3 Å². The van der Waals surface area contributed by atoms with Crippen LogP contribution in [0.2, 0.25) is 0 Å². The molecule has 2 aromatic carbocycles. The molecular weight excluding hydrogens is 466 g/mol. The predicted octanol–water partition coefficient (Wildman–Crippen LogP) is 4.37. The lowest BCUT2D eigenvalue weighted by Crippen LogP contribution is -2.43. The van der Waals surface area contributed by atoms with E-state index in [4.69, 9.17) is 4.74 Å². The lowest BCUT2D eigenvalue weighted by molar-refractivity contribution is -0.138. The maximum atomic E-state index is 12.1. The van der Waals surface area contributed by atoms with Gasteiger partial charge in [-0.2, -0.15) is 0 Å². The Morgan fingerprint density at radius 2 is 1.91 bits per heavy atom. The molecule has 0 aliphatic carbocycles. The number of aliphatic imine (C=N–C) groups is 1. The summed E-state index contributed by atoms with van der Waals surface area (Å²) < 4.78 is 32.4. The van der Waals surface area contributed by atoms with Gasteiger partial charge in [0, 0.05) is 18.7 Å². The summed E-state index contributed by atoms with van der Waals surface area (Å²) in [5.41, 5.74) is 2.71. The molecule has 1 heterocycles. The number of hydrogen-bond acceptors (Lipinski definition) is 6. The standard InChI is InChI=1S/C26H35N3O5S/c1-2-3-16-35(32,33)29-24(26(30)31)18-20-11-13-23(14-12-20)34-19-21-8-7-9-22(17-21)28-25-10-5-4-6-15-27-25/h7-9,11-14,17,24,29H,2-6,10,15-16,18-19H2,1H3,(H,27,28)(H,30,31)/t24-/m0/s1. The highest BCUT2D eigenvalue weighted by atomic mass is 32.2. The number of benzene rings is 2. The lowest BCUT2D eigenvalue weighted by atomic mass is 10.1. The Morgan fingerprint density at radius 1 is 1.11 bits per heavy atom. The first-order valence-corrected chi connectivity index (χ1v) is 13.8. The van der Waals surface area contributed by atoms with Crippen LogP contribution < -0.4 is 14.8 Å². The molecule has 190 valence electrons. The number of nitrogens with one attached hydrogen (secondary N) is 2. The molecule has 1 aliphatic rings. The third-order valence-electron chi connectivity index (χ3n) is 5.75. The van der Waals surface area contributed by atoms with E-state index in [-0.39, 0.29) is 12.2 Å². The number of amidine groups is 1. The van der Waals surface area contributed by atoms with E-state index >= 15 is 0 Å². The zero-order valence-electron chi connectivity index (χ0n) is 20.2. The monoisotopic (exact) mass is 501 g/mol. The highest BCUT2D eigenvalue weighted by molar-refractivity contribution is 7.89. The van der Waals surface area contributed by atoms with Gasteiger partial charge in [-0.3, -0.25) is 9.79 Å². The van der Waals surface area contributed by atoms with Crippen LogP contribution in [-0.4, -0.2) is 43.7 Å². The third kappa shape index (κ3) is 9.33. The van der Waals surface area contributed by atoms with Crippen molar-refractivity contribution in [3.63, 3.8) is 0 Å². The lowest BCUT2D eigenvalue weighted by Gasteiger charge is -2.15. The largest absolute Gasteiger partial charge is 0.489 e. The molecule has 3 rings (SSSR count). The van der Waals surface area contributed by atoms with Gasteiger partial charge in [0.15, 0.2) is 0 Å². The smallest absolute Gasteiger partial charge is 0.322 e. The fraction of sp³-hybridized carbons (Fsp3) is 0.462. The van der Waals surface area contributed by atoms with Gasteiger partial charge in [-0.25, -0.2) is 13.1 Å². The average Bonchev–Trinajstić information content (AvgIpc) is 3.11. The summed E-state index contributed by atoms with van der Waals surface area (Å²) >= 11 is 0. The van der Waals surface area contributed by atoms with Gasteiger partial charge in [0.2, 0.25) is 10.0 Å². The molecule has 0 saturated carbocycles. The van der Waals surface area contributed by atoms with Crippen molar-refractivity contribution in [2.24, 2.45) is 4.99 Å². The van der Waals surface area contributed by atoms with E-state index in [2.05, 4.69) is 15.0 Å². The van der Waals surface area contributed by atoms with Gasteiger partial charge in [-0.15, -0.1) is 0 Å². The number of sulfonamides is 1. The van der Waals surface area contributed by atoms with Gasteiger partial charge in [0.25, 0.3) is 0 Å².